The third-order valence-electron chi connectivity index (χ3n) is 3.50. The molecule has 2 aromatic rings. The lowest BCUT2D eigenvalue weighted by atomic mass is 9.98. The molecule has 0 atom stereocenters. The molecule has 0 aliphatic heterocycles. The Hall–Kier alpha value is -1.68. The van der Waals surface area contributed by atoms with Gasteiger partial charge in [-0.3, -0.25) is 4.68 Å². The lowest BCUT2D eigenvalue weighted by Gasteiger charge is -2.09. The molecule has 0 saturated heterocycles. The number of halogens is 1. The topological polar surface area (TPSA) is 29.9 Å². The summed E-state index contributed by atoms with van der Waals surface area (Å²) in [5.74, 6) is 0.185. The number of benzene rings is 1. The van der Waals surface area contributed by atoms with E-state index in [2.05, 4.69) is 31.2 Å². The van der Waals surface area contributed by atoms with Crippen LogP contribution in [0.25, 0.3) is 11.1 Å². The van der Waals surface area contributed by atoms with Gasteiger partial charge in [0.2, 0.25) is 0 Å². The largest absolute Gasteiger partial charge is 0.313 e. The molecule has 0 radical (unpaired) electrons. The van der Waals surface area contributed by atoms with Crippen LogP contribution in [0.2, 0.25) is 0 Å². The van der Waals surface area contributed by atoms with Crippen LogP contribution in [0.1, 0.15) is 44.4 Å². The van der Waals surface area contributed by atoms with Gasteiger partial charge in [0.25, 0.3) is 0 Å². The highest BCUT2D eigenvalue weighted by molar-refractivity contribution is 5.66. The van der Waals surface area contributed by atoms with Crippen molar-refractivity contribution in [2.24, 2.45) is 7.05 Å². The Labute approximate surface area is 126 Å². The van der Waals surface area contributed by atoms with Crippen molar-refractivity contribution in [1.82, 2.24) is 15.1 Å². The Balaban J connectivity index is 2.34. The van der Waals surface area contributed by atoms with E-state index in [-0.39, 0.29) is 5.82 Å². The molecule has 0 saturated carbocycles. The molecule has 4 heteroatoms. The Bertz CT molecular complexity index is 602. The van der Waals surface area contributed by atoms with E-state index in [1.165, 1.54) is 0 Å². The van der Waals surface area contributed by atoms with Gasteiger partial charge in [-0.05, 0) is 36.6 Å². The first kappa shape index (κ1) is 15.7. The van der Waals surface area contributed by atoms with Crippen molar-refractivity contribution in [3.63, 3.8) is 0 Å². The number of nitrogens with zero attached hydrogens (tertiary/aromatic N) is 2. The summed E-state index contributed by atoms with van der Waals surface area (Å²) in [4.78, 5) is 0. The summed E-state index contributed by atoms with van der Waals surface area (Å²) in [6.07, 6.45) is 3.05. The Morgan fingerprint density at radius 1 is 1.33 bits per heavy atom. The normalized spacial score (nSPS) is 11.3. The van der Waals surface area contributed by atoms with Crippen molar-refractivity contribution >= 4 is 0 Å². The average molecular weight is 289 g/mol. The lowest BCUT2D eigenvalue weighted by Crippen LogP contribution is -2.14. The van der Waals surface area contributed by atoms with Gasteiger partial charge in [0, 0.05) is 30.9 Å². The maximum atomic E-state index is 13.9. The number of hydrogen-bond donors (Lipinski definition) is 1. The molecule has 3 nitrogen and oxygen atoms in total. The zero-order valence-electron chi connectivity index (χ0n) is 13.3. The van der Waals surface area contributed by atoms with Crippen molar-refractivity contribution in [1.29, 1.82) is 0 Å². The van der Waals surface area contributed by atoms with Gasteiger partial charge in [-0.1, -0.05) is 26.8 Å². The summed E-state index contributed by atoms with van der Waals surface area (Å²) in [5.41, 5.74) is 3.88. The van der Waals surface area contributed by atoms with Crippen molar-refractivity contribution in [3.8, 4) is 11.1 Å². The minimum atomic E-state index is -0.155. The first-order valence-electron chi connectivity index (χ1n) is 7.56. The van der Waals surface area contributed by atoms with E-state index in [4.69, 9.17) is 0 Å². The van der Waals surface area contributed by atoms with Crippen LogP contribution < -0.4 is 5.32 Å². The molecule has 1 aromatic heterocycles. The molecule has 0 fully saturated rings. The van der Waals surface area contributed by atoms with Gasteiger partial charge in [0.05, 0.1) is 5.69 Å². The summed E-state index contributed by atoms with van der Waals surface area (Å²) in [6.45, 7) is 7.81. The summed E-state index contributed by atoms with van der Waals surface area (Å²) in [6, 6.07) is 5.32. The number of rotatable bonds is 6. The van der Waals surface area contributed by atoms with E-state index in [0.29, 0.717) is 18.0 Å². The molecule has 0 bridgehead atoms. The van der Waals surface area contributed by atoms with E-state index in [9.17, 15) is 4.39 Å². The van der Waals surface area contributed by atoms with E-state index in [1.807, 2.05) is 30.1 Å². The molecule has 1 aromatic carbocycles. The van der Waals surface area contributed by atoms with Crippen LogP contribution >= 0.6 is 0 Å². The number of nitrogens with one attached hydrogen (secondary N) is 1. The fraction of sp³-hybridized carbons (Fsp3) is 0.471. The van der Waals surface area contributed by atoms with Gasteiger partial charge in [0.15, 0.2) is 0 Å². The molecule has 21 heavy (non-hydrogen) atoms. The van der Waals surface area contributed by atoms with Gasteiger partial charge < -0.3 is 5.32 Å². The minimum Gasteiger partial charge on any atom is -0.313 e. The molecule has 1 N–H and O–H groups in total. The third kappa shape index (κ3) is 3.70. The van der Waals surface area contributed by atoms with E-state index < -0.39 is 0 Å². The van der Waals surface area contributed by atoms with Crippen LogP contribution in [0.5, 0.6) is 0 Å². The van der Waals surface area contributed by atoms with Crippen molar-refractivity contribution in [2.45, 2.75) is 39.7 Å². The molecular weight excluding hydrogens is 265 g/mol. The highest BCUT2D eigenvalue weighted by Gasteiger charge is 2.14. The first-order chi connectivity index (χ1) is 10.0. The van der Waals surface area contributed by atoms with E-state index >= 15 is 0 Å². The van der Waals surface area contributed by atoms with Crippen LogP contribution in [0, 0.1) is 5.82 Å². The van der Waals surface area contributed by atoms with Gasteiger partial charge >= 0.3 is 0 Å². The lowest BCUT2D eigenvalue weighted by molar-refractivity contribution is 0.587. The van der Waals surface area contributed by atoms with Crippen LogP contribution in [-0.2, 0) is 13.6 Å². The second kappa shape index (κ2) is 6.85. The predicted octanol–water partition coefficient (Wildman–Crippen LogP) is 3.85. The smallest absolute Gasteiger partial charge is 0.127 e. The van der Waals surface area contributed by atoms with Crippen molar-refractivity contribution in [3.05, 3.63) is 41.5 Å². The van der Waals surface area contributed by atoms with Crippen LogP contribution in [-0.4, -0.2) is 16.3 Å². The Morgan fingerprint density at radius 3 is 2.76 bits per heavy atom. The molecule has 0 aliphatic rings. The van der Waals surface area contributed by atoms with Crippen LogP contribution in [0.3, 0.4) is 0 Å². The average Bonchev–Trinajstić information content (AvgIpc) is 2.83. The van der Waals surface area contributed by atoms with Crippen molar-refractivity contribution in [2.75, 3.05) is 6.54 Å². The van der Waals surface area contributed by atoms with Gasteiger partial charge in [-0.15, -0.1) is 0 Å². The zero-order chi connectivity index (χ0) is 15.4. The number of aromatic nitrogens is 2. The standard InChI is InChI=1S/C17H24FN3/c1-5-8-19-10-14-9-13(6-7-16(14)18)15-11-21(4)20-17(15)12(2)3/h6-7,9,11-12,19H,5,8,10H2,1-4H3. The molecule has 0 amide bonds. The summed E-state index contributed by atoms with van der Waals surface area (Å²) in [7, 11) is 1.92. The molecule has 2 rings (SSSR count). The Morgan fingerprint density at radius 2 is 2.10 bits per heavy atom. The monoisotopic (exact) mass is 289 g/mol. The molecule has 1 heterocycles. The van der Waals surface area contributed by atoms with Crippen LogP contribution in [0.15, 0.2) is 24.4 Å². The number of aryl methyl sites for hydroxylation is 1. The summed E-state index contributed by atoms with van der Waals surface area (Å²) < 4.78 is 15.7. The molecule has 0 spiro atoms. The fourth-order valence-corrected chi connectivity index (χ4v) is 2.43. The highest BCUT2D eigenvalue weighted by Crippen LogP contribution is 2.29. The van der Waals surface area contributed by atoms with Gasteiger partial charge in [-0.2, -0.15) is 5.10 Å². The second-order valence-electron chi connectivity index (χ2n) is 5.74. The Kier molecular flexibility index (Phi) is 5.12. The quantitative estimate of drug-likeness (QED) is 0.819. The van der Waals surface area contributed by atoms with Gasteiger partial charge in [-0.25, -0.2) is 4.39 Å². The summed E-state index contributed by atoms with van der Waals surface area (Å²) in [5, 5.41) is 7.77. The maximum Gasteiger partial charge on any atom is 0.127 e. The maximum absolute atomic E-state index is 13.9. The SMILES string of the molecule is CCCNCc1cc(-c2cn(C)nc2C(C)C)ccc1F. The van der Waals surface area contributed by atoms with Crippen LogP contribution in [0.4, 0.5) is 4.39 Å². The van der Waals surface area contributed by atoms with Gasteiger partial charge in [0.1, 0.15) is 5.82 Å². The molecule has 0 unspecified atom stereocenters. The first-order valence-corrected chi connectivity index (χ1v) is 7.56. The third-order valence-corrected chi connectivity index (χ3v) is 3.50. The fourth-order valence-electron chi connectivity index (χ4n) is 2.43. The second-order valence-corrected chi connectivity index (χ2v) is 5.74. The number of hydrogen-bond acceptors (Lipinski definition) is 2. The molecule has 0 aliphatic carbocycles. The van der Waals surface area contributed by atoms with E-state index in [1.54, 1.807) is 6.07 Å². The van der Waals surface area contributed by atoms with Crippen molar-refractivity contribution < 1.29 is 4.39 Å². The molecule has 114 valence electrons. The van der Waals surface area contributed by atoms with E-state index in [0.717, 1.165) is 29.8 Å². The summed E-state index contributed by atoms with van der Waals surface area (Å²) >= 11 is 0. The highest BCUT2D eigenvalue weighted by atomic mass is 19.1. The zero-order valence-corrected chi connectivity index (χ0v) is 13.3. The predicted molar refractivity (Wildman–Crippen MR) is 84.7 cm³/mol. The molecular formula is C17H24FN3. The minimum absolute atomic E-state index is 0.155.